The molecule has 0 saturated carbocycles. The summed E-state index contributed by atoms with van der Waals surface area (Å²) in [6, 6.07) is 31.3. The van der Waals surface area contributed by atoms with Crippen LogP contribution in [-0.2, 0) is 9.53 Å². The Morgan fingerprint density at radius 1 is 0.951 bits per heavy atom. The molecule has 2 heterocycles. The van der Waals surface area contributed by atoms with Crippen molar-refractivity contribution in [1.82, 2.24) is 4.57 Å². The van der Waals surface area contributed by atoms with Crippen molar-refractivity contribution < 1.29 is 9.53 Å². The van der Waals surface area contributed by atoms with Gasteiger partial charge in [0.25, 0.3) is 5.56 Å². The average molecular weight is 559 g/mol. The summed E-state index contributed by atoms with van der Waals surface area (Å²) in [5.41, 5.74) is 4.47. The van der Waals surface area contributed by atoms with Crippen LogP contribution < -0.4 is 14.9 Å². The zero-order valence-electron chi connectivity index (χ0n) is 23.2. The number of ether oxygens (including phenoxy) is 1. The van der Waals surface area contributed by atoms with Crippen molar-refractivity contribution >= 4 is 39.9 Å². The minimum atomic E-state index is -0.684. The smallest absolute Gasteiger partial charge is 0.338 e. The van der Waals surface area contributed by atoms with Gasteiger partial charge in [-0.1, -0.05) is 122 Å². The largest absolute Gasteiger partial charge is 0.463 e. The van der Waals surface area contributed by atoms with Crippen LogP contribution in [0, 0.1) is 0 Å². The van der Waals surface area contributed by atoms with Crippen LogP contribution in [0.15, 0.2) is 112 Å². The quantitative estimate of drug-likeness (QED) is 0.233. The highest BCUT2D eigenvalue weighted by Crippen LogP contribution is 2.35. The van der Waals surface area contributed by atoms with Crippen LogP contribution in [0.5, 0.6) is 0 Å². The van der Waals surface area contributed by atoms with Crippen molar-refractivity contribution in [2.75, 3.05) is 6.61 Å². The molecule has 1 aliphatic rings. The lowest BCUT2D eigenvalue weighted by atomic mass is 9.91. The molecule has 1 aliphatic heterocycles. The summed E-state index contributed by atoms with van der Waals surface area (Å²) in [6.07, 6.45) is 1.93. The molecule has 6 rings (SSSR count). The molecule has 0 N–H and O–H groups in total. The molecule has 0 spiro atoms. The van der Waals surface area contributed by atoms with Gasteiger partial charge in [0.2, 0.25) is 0 Å². The highest BCUT2D eigenvalue weighted by Gasteiger charge is 2.35. The van der Waals surface area contributed by atoms with Crippen molar-refractivity contribution in [3.05, 3.63) is 145 Å². The fourth-order valence-corrected chi connectivity index (χ4v) is 6.33. The number of rotatable bonds is 6. The van der Waals surface area contributed by atoms with Gasteiger partial charge in [-0.25, -0.2) is 9.79 Å². The topological polar surface area (TPSA) is 60.7 Å². The lowest BCUT2D eigenvalue weighted by Crippen LogP contribution is -2.40. The summed E-state index contributed by atoms with van der Waals surface area (Å²) >= 11 is 1.34. The third-order valence-corrected chi connectivity index (χ3v) is 8.39. The lowest BCUT2D eigenvalue weighted by Gasteiger charge is -2.26. The van der Waals surface area contributed by atoms with Crippen molar-refractivity contribution in [1.29, 1.82) is 0 Å². The maximum atomic E-state index is 14.2. The molecular weight excluding hydrogens is 528 g/mol. The van der Waals surface area contributed by atoms with E-state index in [4.69, 9.17) is 9.73 Å². The second-order valence-electron chi connectivity index (χ2n) is 10.3. The number of nitrogens with zero attached hydrogens (tertiary/aromatic N) is 2. The summed E-state index contributed by atoms with van der Waals surface area (Å²) in [7, 11) is 0. The molecule has 5 aromatic rings. The molecule has 0 saturated heterocycles. The zero-order chi connectivity index (χ0) is 28.5. The summed E-state index contributed by atoms with van der Waals surface area (Å²) in [5, 5.41) is 2.17. The highest BCUT2D eigenvalue weighted by molar-refractivity contribution is 7.07. The first-order valence-corrected chi connectivity index (χ1v) is 14.6. The molecule has 0 bridgehead atoms. The highest BCUT2D eigenvalue weighted by atomic mass is 32.1. The molecule has 0 aliphatic carbocycles. The number of carbonyl (C=O) groups excluding carboxylic acids is 1. The van der Waals surface area contributed by atoms with Gasteiger partial charge in [-0.15, -0.1) is 0 Å². The van der Waals surface area contributed by atoms with Crippen LogP contribution >= 0.6 is 11.3 Å². The predicted octanol–water partition coefficient (Wildman–Crippen LogP) is 6.21. The number of hydrogen-bond donors (Lipinski definition) is 0. The minimum Gasteiger partial charge on any atom is -0.463 e. The molecule has 0 radical (unpaired) electrons. The van der Waals surface area contributed by atoms with E-state index in [0.29, 0.717) is 26.5 Å². The van der Waals surface area contributed by atoms with Gasteiger partial charge in [0.15, 0.2) is 4.80 Å². The van der Waals surface area contributed by atoms with Gasteiger partial charge in [0, 0.05) is 5.56 Å². The second kappa shape index (κ2) is 11.1. The molecule has 6 heteroatoms. The van der Waals surface area contributed by atoms with Crippen molar-refractivity contribution in [2.45, 2.75) is 32.7 Å². The Labute approximate surface area is 242 Å². The Kier molecular flexibility index (Phi) is 7.25. The van der Waals surface area contributed by atoms with Crippen molar-refractivity contribution in [3.8, 4) is 0 Å². The average Bonchev–Trinajstić information content (AvgIpc) is 3.31. The molecule has 41 heavy (non-hydrogen) atoms. The molecule has 0 unspecified atom stereocenters. The summed E-state index contributed by atoms with van der Waals surface area (Å²) < 4.78 is 7.79. The summed E-state index contributed by atoms with van der Waals surface area (Å²) in [6.45, 7) is 6.28. The predicted molar refractivity (Wildman–Crippen MR) is 166 cm³/mol. The van der Waals surface area contributed by atoms with Gasteiger partial charge >= 0.3 is 5.97 Å². The first-order valence-electron chi connectivity index (χ1n) is 13.8. The standard InChI is InChI=1S/C35H30N2O3S/c1-4-40-34(39)30-31(25-12-6-5-7-13-25)36-35-37(32(30)26-19-17-23(18-20-26)22(2)3)33(38)29(41-35)21-27-15-10-14-24-11-8-9-16-28(24)27/h5-22,32H,4H2,1-3H3/b29-21-/t32-/m0/s1. The van der Waals surface area contributed by atoms with E-state index in [1.807, 2.05) is 72.8 Å². The molecule has 5 nitrogen and oxygen atoms in total. The van der Waals surface area contributed by atoms with E-state index in [1.165, 1.54) is 16.9 Å². The number of carbonyl (C=O) groups is 1. The monoisotopic (exact) mass is 558 g/mol. The number of benzene rings is 4. The third kappa shape index (κ3) is 4.96. The Balaban J connectivity index is 1.65. The normalized spacial score (nSPS) is 15.2. The van der Waals surface area contributed by atoms with Gasteiger partial charge in [-0.2, -0.15) is 0 Å². The number of hydrogen-bond acceptors (Lipinski definition) is 5. The van der Waals surface area contributed by atoms with E-state index in [-0.39, 0.29) is 12.2 Å². The van der Waals surface area contributed by atoms with Crippen LogP contribution in [0.25, 0.3) is 22.5 Å². The van der Waals surface area contributed by atoms with Crippen LogP contribution in [0.4, 0.5) is 0 Å². The van der Waals surface area contributed by atoms with Gasteiger partial charge in [0.05, 0.1) is 28.5 Å². The number of esters is 1. The Bertz CT molecular complexity index is 1960. The summed E-state index contributed by atoms with van der Waals surface area (Å²) in [4.78, 5) is 33.3. The number of thiazole rings is 1. The van der Waals surface area contributed by atoms with E-state index in [0.717, 1.165) is 27.5 Å². The zero-order valence-corrected chi connectivity index (χ0v) is 24.0. The second-order valence-corrected chi connectivity index (χ2v) is 11.3. The molecule has 4 aromatic carbocycles. The molecule has 1 atom stereocenters. The van der Waals surface area contributed by atoms with E-state index in [2.05, 4.69) is 44.2 Å². The molecule has 1 aromatic heterocycles. The molecule has 0 amide bonds. The fraction of sp³-hybridized carbons (Fsp3) is 0.171. The van der Waals surface area contributed by atoms with Crippen LogP contribution in [0.3, 0.4) is 0 Å². The van der Waals surface area contributed by atoms with E-state index < -0.39 is 12.0 Å². The minimum absolute atomic E-state index is 0.187. The van der Waals surface area contributed by atoms with E-state index >= 15 is 0 Å². The van der Waals surface area contributed by atoms with Crippen molar-refractivity contribution in [3.63, 3.8) is 0 Å². The summed E-state index contributed by atoms with van der Waals surface area (Å²) in [5.74, 6) is -0.122. The van der Waals surface area contributed by atoms with Crippen LogP contribution in [-0.4, -0.2) is 17.1 Å². The molecule has 0 fully saturated rings. The van der Waals surface area contributed by atoms with Gasteiger partial charge in [-0.3, -0.25) is 9.36 Å². The maximum absolute atomic E-state index is 14.2. The SMILES string of the molecule is CCOC(=O)C1=C(c2ccccc2)N=c2s/c(=C\c3cccc4ccccc34)c(=O)n2[C@H]1c1ccc(C(C)C)cc1. The van der Waals surface area contributed by atoms with Crippen LogP contribution in [0.1, 0.15) is 55.0 Å². The number of fused-ring (bicyclic) bond motifs is 2. The van der Waals surface area contributed by atoms with Gasteiger partial charge in [0.1, 0.15) is 0 Å². The fourth-order valence-electron chi connectivity index (χ4n) is 5.34. The molecular formula is C35H30N2O3S. The maximum Gasteiger partial charge on any atom is 0.338 e. The Morgan fingerprint density at radius 2 is 1.66 bits per heavy atom. The van der Waals surface area contributed by atoms with Gasteiger partial charge in [-0.05, 0) is 46.4 Å². The van der Waals surface area contributed by atoms with E-state index in [9.17, 15) is 9.59 Å². The first kappa shape index (κ1) is 26.7. The van der Waals surface area contributed by atoms with Crippen molar-refractivity contribution in [2.24, 2.45) is 4.99 Å². The van der Waals surface area contributed by atoms with Gasteiger partial charge < -0.3 is 4.74 Å². The third-order valence-electron chi connectivity index (χ3n) is 7.40. The first-order chi connectivity index (χ1) is 20.0. The lowest BCUT2D eigenvalue weighted by molar-refractivity contribution is -0.138. The number of aromatic nitrogens is 1. The van der Waals surface area contributed by atoms with E-state index in [1.54, 1.807) is 11.5 Å². The Hall–Kier alpha value is -4.55. The molecule has 204 valence electrons. The van der Waals surface area contributed by atoms with Crippen LogP contribution in [0.2, 0.25) is 0 Å². The Morgan fingerprint density at radius 3 is 2.39 bits per heavy atom.